The number of fused-ring (bicyclic) bond motifs is 3. The third kappa shape index (κ3) is 3.29. The summed E-state index contributed by atoms with van der Waals surface area (Å²) in [6.07, 6.45) is 0. The van der Waals surface area contributed by atoms with Gasteiger partial charge in [-0.3, -0.25) is 9.20 Å². The molecular weight excluding hydrogens is 424 g/mol. The van der Waals surface area contributed by atoms with Crippen molar-refractivity contribution in [3.8, 4) is 5.69 Å². The Bertz CT molecular complexity index is 1500. The lowest BCUT2D eigenvalue weighted by Gasteiger charge is -2.16. The van der Waals surface area contributed by atoms with Crippen LogP contribution in [0.25, 0.3) is 22.4 Å². The number of para-hydroxylation sites is 2. The Morgan fingerprint density at radius 3 is 2.44 bits per heavy atom. The van der Waals surface area contributed by atoms with Crippen molar-refractivity contribution in [2.24, 2.45) is 0 Å². The predicted molar refractivity (Wildman–Crippen MR) is 123 cm³/mol. The van der Waals surface area contributed by atoms with Gasteiger partial charge in [-0.05, 0) is 36.6 Å². The summed E-state index contributed by atoms with van der Waals surface area (Å²) in [5.41, 5.74) is 2.52. The van der Waals surface area contributed by atoms with Crippen molar-refractivity contribution in [2.45, 2.75) is 44.0 Å². The van der Waals surface area contributed by atoms with E-state index in [0.717, 1.165) is 16.8 Å². The first-order valence-corrected chi connectivity index (χ1v) is 11.3. The molecule has 0 N–H and O–H groups in total. The van der Waals surface area contributed by atoms with Crippen molar-refractivity contribution in [3.63, 3.8) is 0 Å². The molecule has 0 radical (unpaired) electrons. The van der Waals surface area contributed by atoms with Gasteiger partial charge in [0.2, 0.25) is 17.6 Å². The van der Waals surface area contributed by atoms with Gasteiger partial charge in [-0.2, -0.15) is 0 Å². The van der Waals surface area contributed by atoms with Crippen molar-refractivity contribution in [3.05, 3.63) is 76.2 Å². The van der Waals surface area contributed by atoms with Crippen LogP contribution in [0.15, 0.2) is 62.9 Å². The fourth-order valence-corrected chi connectivity index (χ4v) is 4.72. The molecule has 2 aromatic carbocycles. The van der Waals surface area contributed by atoms with E-state index in [1.807, 2.05) is 59.9 Å². The van der Waals surface area contributed by atoms with Crippen molar-refractivity contribution >= 4 is 28.4 Å². The van der Waals surface area contributed by atoms with Crippen LogP contribution in [0.5, 0.6) is 0 Å². The average molecular weight is 447 g/mol. The van der Waals surface area contributed by atoms with Crippen LogP contribution in [0.3, 0.4) is 0 Å². The Labute approximate surface area is 188 Å². The van der Waals surface area contributed by atoms with Gasteiger partial charge in [0.15, 0.2) is 5.16 Å². The molecule has 5 rings (SSSR count). The predicted octanol–water partition coefficient (Wildman–Crippen LogP) is 4.70. The van der Waals surface area contributed by atoms with Crippen molar-refractivity contribution in [2.75, 3.05) is 0 Å². The number of nitrogens with zero attached hydrogens (tertiary/aromatic N) is 6. The molecule has 0 aliphatic carbocycles. The van der Waals surface area contributed by atoms with Crippen molar-refractivity contribution in [1.29, 1.82) is 0 Å². The van der Waals surface area contributed by atoms with E-state index < -0.39 is 0 Å². The molecule has 162 valence electrons. The van der Waals surface area contributed by atoms with E-state index in [-0.39, 0.29) is 16.7 Å². The van der Waals surface area contributed by atoms with Crippen LogP contribution in [0.1, 0.15) is 49.3 Å². The monoisotopic (exact) mass is 446 g/mol. The SMILES string of the molecule is Cc1nnc(C(C)Sc2nnc3n(-c4ccccc4C(C)C)c(=O)c4ccccc4n23)o1. The molecule has 0 bridgehead atoms. The highest BCUT2D eigenvalue weighted by Gasteiger charge is 2.23. The molecule has 32 heavy (non-hydrogen) atoms. The molecule has 1 unspecified atom stereocenters. The summed E-state index contributed by atoms with van der Waals surface area (Å²) in [5, 5.41) is 18.1. The molecule has 9 heteroatoms. The first kappa shape index (κ1) is 20.4. The number of rotatable bonds is 5. The van der Waals surface area contributed by atoms with E-state index in [4.69, 9.17) is 4.42 Å². The lowest BCUT2D eigenvalue weighted by molar-refractivity contribution is 0.470. The molecule has 0 saturated carbocycles. The van der Waals surface area contributed by atoms with Gasteiger partial charge in [0.25, 0.3) is 5.56 Å². The number of aryl methyl sites for hydroxylation is 1. The molecule has 8 nitrogen and oxygen atoms in total. The van der Waals surface area contributed by atoms with Gasteiger partial charge in [-0.25, -0.2) is 4.57 Å². The highest BCUT2D eigenvalue weighted by atomic mass is 32.2. The van der Waals surface area contributed by atoms with E-state index in [0.29, 0.717) is 28.1 Å². The van der Waals surface area contributed by atoms with Crippen LogP contribution in [0, 0.1) is 6.92 Å². The highest BCUT2D eigenvalue weighted by molar-refractivity contribution is 7.99. The van der Waals surface area contributed by atoms with Crippen molar-refractivity contribution < 1.29 is 4.42 Å². The fraction of sp³-hybridized carbons (Fsp3) is 0.261. The zero-order chi connectivity index (χ0) is 22.4. The van der Waals surface area contributed by atoms with Gasteiger partial charge in [-0.1, -0.05) is 55.9 Å². The molecule has 0 amide bonds. The second-order valence-electron chi connectivity index (χ2n) is 7.91. The molecule has 3 heterocycles. The van der Waals surface area contributed by atoms with Gasteiger partial charge in [0, 0.05) is 6.92 Å². The third-order valence-corrected chi connectivity index (χ3v) is 6.40. The number of thioether (sulfide) groups is 1. The minimum atomic E-state index is -0.134. The molecule has 0 aliphatic heterocycles. The van der Waals surface area contributed by atoms with Crippen LogP contribution in [-0.4, -0.2) is 29.4 Å². The molecular formula is C23H22N6O2S. The Morgan fingerprint density at radius 1 is 0.938 bits per heavy atom. The third-order valence-electron chi connectivity index (χ3n) is 5.37. The second kappa shape index (κ2) is 7.90. The molecule has 0 aliphatic rings. The minimum Gasteiger partial charge on any atom is -0.424 e. The fourth-order valence-electron chi connectivity index (χ4n) is 3.84. The van der Waals surface area contributed by atoms with E-state index in [1.54, 1.807) is 11.5 Å². The largest absolute Gasteiger partial charge is 0.424 e. The number of hydrogen-bond acceptors (Lipinski definition) is 7. The maximum absolute atomic E-state index is 13.6. The van der Waals surface area contributed by atoms with Crippen LogP contribution in [-0.2, 0) is 0 Å². The van der Waals surface area contributed by atoms with Gasteiger partial charge in [-0.15, -0.1) is 20.4 Å². The lowest BCUT2D eigenvalue weighted by Crippen LogP contribution is -2.23. The lowest BCUT2D eigenvalue weighted by atomic mass is 10.0. The number of aromatic nitrogens is 6. The summed E-state index contributed by atoms with van der Waals surface area (Å²) < 4.78 is 9.18. The maximum atomic E-state index is 13.6. The normalized spacial score (nSPS) is 12.8. The first-order chi connectivity index (χ1) is 15.5. The smallest absolute Gasteiger partial charge is 0.267 e. The quantitative estimate of drug-likeness (QED) is 0.361. The summed E-state index contributed by atoms with van der Waals surface area (Å²) in [6, 6.07) is 15.5. The van der Waals surface area contributed by atoms with Crippen molar-refractivity contribution in [1.82, 2.24) is 29.4 Å². The van der Waals surface area contributed by atoms with E-state index >= 15 is 0 Å². The Kier molecular flexibility index (Phi) is 5.05. The Balaban J connectivity index is 1.78. The Morgan fingerprint density at radius 2 is 1.69 bits per heavy atom. The molecule has 0 fully saturated rings. The summed E-state index contributed by atoms with van der Waals surface area (Å²) in [4.78, 5) is 13.6. The summed E-state index contributed by atoms with van der Waals surface area (Å²) >= 11 is 1.46. The zero-order valence-corrected chi connectivity index (χ0v) is 19.0. The van der Waals surface area contributed by atoms with E-state index in [1.165, 1.54) is 11.8 Å². The van der Waals surface area contributed by atoms with Gasteiger partial charge in [0.1, 0.15) is 0 Å². The Hall–Kier alpha value is -3.46. The maximum Gasteiger partial charge on any atom is 0.267 e. The van der Waals surface area contributed by atoms with Crippen LogP contribution >= 0.6 is 11.8 Å². The molecule has 3 aromatic heterocycles. The van der Waals surface area contributed by atoms with E-state index in [9.17, 15) is 4.79 Å². The van der Waals surface area contributed by atoms with Gasteiger partial charge < -0.3 is 4.42 Å². The first-order valence-electron chi connectivity index (χ1n) is 10.4. The molecule has 0 saturated heterocycles. The standard InChI is InChI=1S/C23H22N6O2S/c1-13(2)16-9-5-7-11-18(16)28-21(30)17-10-6-8-12-19(17)29-22(28)26-27-23(29)32-14(3)20-25-24-15(4)31-20/h5-14H,1-4H3. The number of hydrogen-bond donors (Lipinski definition) is 0. The second-order valence-corrected chi connectivity index (χ2v) is 9.22. The number of benzene rings is 2. The summed E-state index contributed by atoms with van der Waals surface area (Å²) in [7, 11) is 0. The highest BCUT2D eigenvalue weighted by Crippen LogP contribution is 2.34. The van der Waals surface area contributed by atoms with E-state index in [2.05, 4.69) is 34.2 Å². The minimum absolute atomic E-state index is 0.120. The summed E-state index contributed by atoms with van der Waals surface area (Å²) in [6.45, 7) is 7.96. The van der Waals surface area contributed by atoms with Crippen LogP contribution < -0.4 is 5.56 Å². The zero-order valence-electron chi connectivity index (χ0n) is 18.2. The summed E-state index contributed by atoms with van der Waals surface area (Å²) in [5.74, 6) is 1.75. The average Bonchev–Trinajstić information content (AvgIpc) is 3.41. The molecule has 5 aromatic rings. The topological polar surface area (TPSA) is 91.1 Å². The van der Waals surface area contributed by atoms with Crippen LogP contribution in [0.4, 0.5) is 0 Å². The molecule has 0 spiro atoms. The van der Waals surface area contributed by atoms with Gasteiger partial charge >= 0.3 is 0 Å². The van der Waals surface area contributed by atoms with Crippen LogP contribution in [0.2, 0.25) is 0 Å². The molecule has 1 atom stereocenters. The van der Waals surface area contributed by atoms with Gasteiger partial charge in [0.05, 0.1) is 21.8 Å².